The first-order valence-corrected chi connectivity index (χ1v) is 4.04. The second-order valence-electron chi connectivity index (χ2n) is 2.74. The quantitative estimate of drug-likeness (QED) is 0.618. The van der Waals surface area contributed by atoms with Crippen LogP contribution in [0.15, 0.2) is 36.5 Å². The minimum Gasteiger partial charge on any atom is -0.256 e. The molecule has 59 valence electrons. The van der Waals surface area contributed by atoms with E-state index in [0.717, 1.165) is 5.52 Å². The fraction of sp³-hybridized carbons (Fsp3) is 0.0909. The van der Waals surface area contributed by atoms with Crippen molar-refractivity contribution in [2.24, 2.45) is 0 Å². The van der Waals surface area contributed by atoms with Crippen LogP contribution in [0.2, 0.25) is 0 Å². The van der Waals surface area contributed by atoms with E-state index in [-0.39, 0.29) is 0 Å². The Bertz CT molecular complexity index is 393. The molecule has 1 heteroatoms. The van der Waals surface area contributed by atoms with Crippen LogP contribution < -0.4 is 0 Å². The molecule has 0 saturated carbocycles. The number of fused-ring (bicyclic) bond motifs is 1. The summed E-state index contributed by atoms with van der Waals surface area (Å²) in [5.41, 5.74) is 2.30. The molecule has 0 atom stereocenters. The van der Waals surface area contributed by atoms with Crippen molar-refractivity contribution in [3.8, 4) is 0 Å². The normalized spacial score (nSPS) is 10.4. The van der Waals surface area contributed by atoms with E-state index in [4.69, 9.17) is 0 Å². The van der Waals surface area contributed by atoms with Crippen LogP contribution in [0.25, 0.3) is 10.9 Å². The van der Waals surface area contributed by atoms with Crippen molar-refractivity contribution >= 4 is 10.9 Å². The molecule has 0 saturated heterocycles. The number of hydrogen-bond donors (Lipinski definition) is 0. The lowest BCUT2D eigenvalue weighted by Crippen LogP contribution is -1.80. The zero-order valence-corrected chi connectivity index (χ0v) is 6.99. The summed E-state index contributed by atoms with van der Waals surface area (Å²) in [6.07, 6.45) is 3.91. The highest BCUT2D eigenvalue weighted by molar-refractivity contribution is 5.79. The molecule has 0 spiro atoms. The predicted molar refractivity (Wildman–Crippen MR) is 50.8 cm³/mol. The van der Waals surface area contributed by atoms with Crippen LogP contribution in [0.4, 0.5) is 0 Å². The lowest BCUT2D eigenvalue weighted by atomic mass is 10.1. The van der Waals surface area contributed by atoms with Gasteiger partial charge in [0.15, 0.2) is 0 Å². The summed E-state index contributed by atoms with van der Waals surface area (Å²) in [4.78, 5) is 4.24. The SMILES string of the molecule is C[CH]c1ccc2ncccc2c1. The van der Waals surface area contributed by atoms with Crippen molar-refractivity contribution in [3.05, 3.63) is 48.5 Å². The zero-order chi connectivity index (χ0) is 8.39. The van der Waals surface area contributed by atoms with Crippen LogP contribution in [0.1, 0.15) is 12.5 Å². The Kier molecular flexibility index (Phi) is 1.78. The third-order valence-corrected chi connectivity index (χ3v) is 1.96. The van der Waals surface area contributed by atoms with Gasteiger partial charge in [-0.2, -0.15) is 0 Å². The zero-order valence-electron chi connectivity index (χ0n) is 6.99. The van der Waals surface area contributed by atoms with Gasteiger partial charge in [-0.25, -0.2) is 0 Å². The lowest BCUT2D eigenvalue weighted by Gasteiger charge is -1.98. The van der Waals surface area contributed by atoms with E-state index in [2.05, 4.69) is 29.6 Å². The van der Waals surface area contributed by atoms with E-state index in [1.165, 1.54) is 10.9 Å². The van der Waals surface area contributed by atoms with Gasteiger partial charge in [-0.15, -0.1) is 0 Å². The number of rotatable bonds is 1. The molecule has 1 heterocycles. The maximum atomic E-state index is 4.24. The van der Waals surface area contributed by atoms with Crippen LogP contribution in [0, 0.1) is 6.42 Å². The standard InChI is InChI=1S/C11H10N/c1-2-9-5-6-11-10(8-9)4-3-7-12-11/h2-8H,1H3. The number of hydrogen-bond acceptors (Lipinski definition) is 1. The molecule has 1 aromatic carbocycles. The van der Waals surface area contributed by atoms with Gasteiger partial charge in [0, 0.05) is 11.6 Å². The third kappa shape index (κ3) is 1.18. The largest absolute Gasteiger partial charge is 0.256 e. The third-order valence-electron chi connectivity index (χ3n) is 1.96. The molecular formula is C11H10N. The Hall–Kier alpha value is -1.37. The molecule has 2 aromatic rings. The smallest absolute Gasteiger partial charge is 0.0702 e. The summed E-state index contributed by atoms with van der Waals surface area (Å²) >= 11 is 0. The van der Waals surface area contributed by atoms with Crippen molar-refractivity contribution in [2.45, 2.75) is 6.92 Å². The summed E-state index contributed by atoms with van der Waals surface area (Å²) in [6, 6.07) is 10.3. The highest BCUT2D eigenvalue weighted by Gasteiger charge is 1.93. The lowest BCUT2D eigenvalue weighted by molar-refractivity contribution is 1.39. The topological polar surface area (TPSA) is 12.9 Å². The molecule has 1 nitrogen and oxygen atoms in total. The van der Waals surface area contributed by atoms with E-state index in [1.807, 2.05) is 25.3 Å². The molecule has 1 radical (unpaired) electrons. The van der Waals surface area contributed by atoms with Crippen molar-refractivity contribution in [1.29, 1.82) is 0 Å². The predicted octanol–water partition coefficient (Wildman–Crippen LogP) is 2.81. The van der Waals surface area contributed by atoms with E-state index < -0.39 is 0 Å². The number of nitrogens with zero attached hydrogens (tertiary/aromatic N) is 1. The van der Waals surface area contributed by atoms with Gasteiger partial charge in [-0.05, 0) is 30.2 Å². The molecule has 12 heavy (non-hydrogen) atoms. The van der Waals surface area contributed by atoms with Crippen LogP contribution in [0.3, 0.4) is 0 Å². The molecular weight excluding hydrogens is 146 g/mol. The van der Waals surface area contributed by atoms with Crippen LogP contribution in [-0.2, 0) is 0 Å². The summed E-state index contributed by atoms with van der Waals surface area (Å²) in [6.45, 7) is 2.04. The van der Waals surface area contributed by atoms with Gasteiger partial charge < -0.3 is 0 Å². The van der Waals surface area contributed by atoms with Gasteiger partial charge in [0.25, 0.3) is 0 Å². The minimum absolute atomic E-state index is 1.06. The molecule has 0 N–H and O–H groups in total. The van der Waals surface area contributed by atoms with Gasteiger partial charge in [0.05, 0.1) is 5.52 Å². The number of aromatic nitrogens is 1. The van der Waals surface area contributed by atoms with E-state index in [9.17, 15) is 0 Å². The number of benzene rings is 1. The van der Waals surface area contributed by atoms with Gasteiger partial charge in [0.2, 0.25) is 0 Å². The second kappa shape index (κ2) is 2.94. The Morgan fingerprint density at radius 2 is 2.17 bits per heavy atom. The van der Waals surface area contributed by atoms with Gasteiger partial charge >= 0.3 is 0 Å². The molecule has 0 fully saturated rings. The van der Waals surface area contributed by atoms with Gasteiger partial charge in [0.1, 0.15) is 0 Å². The van der Waals surface area contributed by atoms with Crippen molar-refractivity contribution in [3.63, 3.8) is 0 Å². The second-order valence-corrected chi connectivity index (χ2v) is 2.74. The monoisotopic (exact) mass is 156 g/mol. The molecule has 2 rings (SSSR count). The summed E-state index contributed by atoms with van der Waals surface area (Å²) in [7, 11) is 0. The molecule has 0 aliphatic heterocycles. The molecule has 0 aliphatic carbocycles. The van der Waals surface area contributed by atoms with Gasteiger partial charge in [-0.1, -0.05) is 19.1 Å². The Balaban J connectivity index is 2.67. The maximum Gasteiger partial charge on any atom is 0.0702 e. The molecule has 0 aliphatic rings. The van der Waals surface area contributed by atoms with Gasteiger partial charge in [-0.3, -0.25) is 4.98 Å². The van der Waals surface area contributed by atoms with E-state index >= 15 is 0 Å². The van der Waals surface area contributed by atoms with Crippen LogP contribution >= 0.6 is 0 Å². The molecule has 0 amide bonds. The van der Waals surface area contributed by atoms with E-state index in [0.29, 0.717) is 0 Å². The van der Waals surface area contributed by atoms with Crippen molar-refractivity contribution < 1.29 is 0 Å². The fourth-order valence-corrected chi connectivity index (χ4v) is 1.27. The minimum atomic E-state index is 1.06. The Morgan fingerprint density at radius 1 is 1.25 bits per heavy atom. The Labute approximate surface area is 72.1 Å². The molecule has 0 bridgehead atoms. The molecule has 1 aromatic heterocycles. The Morgan fingerprint density at radius 3 is 3.00 bits per heavy atom. The first-order chi connectivity index (χ1) is 5.90. The number of pyridine rings is 1. The average Bonchev–Trinajstić information content (AvgIpc) is 2.17. The maximum absolute atomic E-state index is 4.24. The van der Waals surface area contributed by atoms with Crippen molar-refractivity contribution in [1.82, 2.24) is 4.98 Å². The first kappa shape index (κ1) is 7.29. The fourth-order valence-electron chi connectivity index (χ4n) is 1.27. The highest BCUT2D eigenvalue weighted by atomic mass is 14.6. The average molecular weight is 156 g/mol. The van der Waals surface area contributed by atoms with E-state index in [1.54, 1.807) is 0 Å². The first-order valence-electron chi connectivity index (χ1n) is 4.04. The van der Waals surface area contributed by atoms with Crippen LogP contribution in [0.5, 0.6) is 0 Å². The summed E-state index contributed by atoms with van der Waals surface area (Å²) in [5, 5.41) is 1.20. The van der Waals surface area contributed by atoms with Crippen LogP contribution in [-0.4, -0.2) is 4.98 Å². The van der Waals surface area contributed by atoms with Crippen molar-refractivity contribution in [2.75, 3.05) is 0 Å². The highest BCUT2D eigenvalue weighted by Crippen LogP contribution is 2.13. The summed E-state index contributed by atoms with van der Waals surface area (Å²) < 4.78 is 0. The molecule has 0 unspecified atom stereocenters. The summed E-state index contributed by atoms with van der Waals surface area (Å²) in [5.74, 6) is 0.